The second-order valence-corrected chi connectivity index (χ2v) is 5.43. The van der Waals surface area contributed by atoms with Crippen LogP contribution in [0.15, 0.2) is 18.2 Å². The molecule has 92 valence electrons. The molecule has 1 aliphatic rings. The van der Waals surface area contributed by atoms with Crippen LogP contribution in [-0.2, 0) is 0 Å². The smallest absolute Gasteiger partial charge is 0.337 e. The predicted octanol–water partition coefficient (Wildman–Crippen LogP) is 3.64. The molecule has 1 aliphatic carbocycles. The fourth-order valence-corrected chi connectivity index (χ4v) is 2.03. The molecule has 0 saturated heterocycles. The van der Waals surface area contributed by atoms with Gasteiger partial charge in [0.05, 0.1) is 10.6 Å². The lowest BCUT2D eigenvalue weighted by atomic mass is 10.0. The highest BCUT2D eigenvalue weighted by Crippen LogP contribution is 2.48. The summed E-state index contributed by atoms with van der Waals surface area (Å²) in [5.41, 5.74) is 1.31. The Morgan fingerprint density at radius 3 is 2.71 bits per heavy atom. The molecule has 0 aromatic heterocycles. The lowest BCUT2D eigenvalue weighted by Crippen LogP contribution is -2.25. The van der Waals surface area contributed by atoms with Crippen LogP contribution in [-0.4, -0.2) is 17.1 Å². The Morgan fingerprint density at radius 1 is 1.53 bits per heavy atom. The molecule has 0 heterocycles. The third-order valence-electron chi connectivity index (χ3n) is 3.66. The molecule has 0 bridgehead atoms. The monoisotopic (exact) mass is 253 g/mol. The topological polar surface area (TPSA) is 49.3 Å². The van der Waals surface area contributed by atoms with Crippen molar-refractivity contribution >= 4 is 23.3 Å². The van der Waals surface area contributed by atoms with Gasteiger partial charge in [0.1, 0.15) is 0 Å². The van der Waals surface area contributed by atoms with E-state index in [9.17, 15) is 4.79 Å². The van der Waals surface area contributed by atoms with Crippen molar-refractivity contribution in [1.29, 1.82) is 0 Å². The summed E-state index contributed by atoms with van der Waals surface area (Å²) in [7, 11) is 0. The van der Waals surface area contributed by atoms with E-state index in [0.29, 0.717) is 11.5 Å². The Balaban J connectivity index is 2.16. The van der Waals surface area contributed by atoms with Crippen LogP contribution < -0.4 is 5.32 Å². The van der Waals surface area contributed by atoms with Crippen LogP contribution in [0.5, 0.6) is 0 Å². The van der Waals surface area contributed by atoms with Crippen LogP contribution in [0.1, 0.15) is 37.0 Å². The van der Waals surface area contributed by atoms with E-state index in [1.807, 2.05) is 6.07 Å². The maximum absolute atomic E-state index is 11.0. The molecule has 4 heteroatoms. The number of carboxylic acid groups (broad SMARTS) is 1. The number of hydrogen-bond acceptors (Lipinski definition) is 2. The van der Waals surface area contributed by atoms with Gasteiger partial charge in [-0.3, -0.25) is 0 Å². The molecule has 0 radical (unpaired) electrons. The molecule has 3 nitrogen and oxygen atoms in total. The van der Waals surface area contributed by atoms with Crippen molar-refractivity contribution in [3.8, 4) is 0 Å². The number of carboxylic acids is 1. The normalized spacial score (nSPS) is 18.5. The first-order valence-corrected chi connectivity index (χ1v) is 6.09. The second kappa shape index (κ2) is 4.22. The molecular weight excluding hydrogens is 238 g/mol. The first-order valence-electron chi connectivity index (χ1n) is 5.72. The van der Waals surface area contributed by atoms with Crippen LogP contribution in [0, 0.1) is 5.41 Å². The van der Waals surface area contributed by atoms with Gasteiger partial charge in [-0.05, 0) is 43.4 Å². The number of rotatable bonds is 4. The number of hydrogen-bond donors (Lipinski definition) is 2. The molecule has 0 amide bonds. The van der Waals surface area contributed by atoms with Crippen LogP contribution in [0.25, 0.3) is 0 Å². The summed E-state index contributed by atoms with van der Waals surface area (Å²) < 4.78 is 0. The summed E-state index contributed by atoms with van der Waals surface area (Å²) in [6.07, 6.45) is 2.45. The van der Waals surface area contributed by atoms with Gasteiger partial charge in [0, 0.05) is 11.7 Å². The number of carbonyl (C=O) groups is 1. The lowest BCUT2D eigenvalue weighted by Gasteiger charge is -2.21. The molecule has 0 aliphatic heterocycles. The second-order valence-electron chi connectivity index (χ2n) is 5.02. The van der Waals surface area contributed by atoms with Crippen molar-refractivity contribution in [2.75, 3.05) is 5.32 Å². The maximum atomic E-state index is 11.0. The average molecular weight is 254 g/mol. The van der Waals surface area contributed by atoms with E-state index in [2.05, 4.69) is 19.2 Å². The highest BCUT2D eigenvalue weighted by molar-refractivity contribution is 6.33. The largest absolute Gasteiger partial charge is 0.478 e. The van der Waals surface area contributed by atoms with Gasteiger partial charge in [-0.1, -0.05) is 18.5 Å². The number of anilines is 1. The van der Waals surface area contributed by atoms with Gasteiger partial charge in [0.15, 0.2) is 0 Å². The first-order chi connectivity index (χ1) is 7.92. The Morgan fingerprint density at radius 2 is 2.18 bits per heavy atom. The Labute approximate surface area is 106 Å². The van der Waals surface area contributed by atoms with Gasteiger partial charge in [-0.25, -0.2) is 4.79 Å². The van der Waals surface area contributed by atoms with Crippen LogP contribution in [0.2, 0.25) is 5.02 Å². The van der Waals surface area contributed by atoms with Crippen LogP contribution in [0.3, 0.4) is 0 Å². The zero-order valence-corrected chi connectivity index (χ0v) is 10.7. The van der Waals surface area contributed by atoms with Crippen molar-refractivity contribution in [2.45, 2.75) is 32.7 Å². The van der Waals surface area contributed by atoms with Gasteiger partial charge >= 0.3 is 5.97 Å². The first kappa shape index (κ1) is 12.2. The van der Waals surface area contributed by atoms with Gasteiger partial charge in [0.2, 0.25) is 0 Å². The SMILES string of the molecule is CC(Nc1ccc(Cl)c(C(=O)O)c1)C1(C)CC1. The molecule has 1 unspecified atom stereocenters. The Bertz CT molecular complexity index is 455. The summed E-state index contributed by atoms with van der Waals surface area (Å²) in [5.74, 6) is -0.996. The number of nitrogens with one attached hydrogen (secondary N) is 1. The van der Waals surface area contributed by atoms with Gasteiger partial charge in [0.25, 0.3) is 0 Å². The fraction of sp³-hybridized carbons (Fsp3) is 0.462. The van der Waals surface area contributed by atoms with E-state index < -0.39 is 5.97 Å². The highest BCUT2D eigenvalue weighted by atomic mass is 35.5. The Kier molecular flexibility index (Phi) is 3.04. The summed E-state index contributed by atoms with van der Waals surface area (Å²) in [6.45, 7) is 4.36. The molecule has 0 spiro atoms. The summed E-state index contributed by atoms with van der Waals surface area (Å²) in [5, 5.41) is 12.6. The summed E-state index contributed by atoms with van der Waals surface area (Å²) >= 11 is 5.82. The lowest BCUT2D eigenvalue weighted by molar-refractivity contribution is 0.0697. The molecular formula is C13H16ClNO2. The molecule has 1 aromatic rings. The van der Waals surface area contributed by atoms with Crippen molar-refractivity contribution in [3.05, 3.63) is 28.8 Å². The summed E-state index contributed by atoms with van der Waals surface area (Å²) in [6, 6.07) is 5.37. The third kappa shape index (κ3) is 2.55. The summed E-state index contributed by atoms with van der Waals surface area (Å²) in [4.78, 5) is 11.0. The molecule has 1 fully saturated rings. The van der Waals surface area contributed by atoms with Crippen molar-refractivity contribution in [3.63, 3.8) is 0 Å². The van der Waals surface area contributed by atoms with Crippen molar-refractivity contribution < 1.29 is 9.90 Å². The van der Waals surface area contributed by atoms with Gasteiger partial charge in [-0.15, -0.1) is 0 Å². The van der Waals surface area contributed by atoms with E-state index in [4.69, 9.17) is 16.7 Å². The quantitative estimate of drug-likeness (QED) is 0.861. The minimum Gasteiger partial charge on any atom is -0.478 e. The van der Waals surface area contributed by atoms with E-state index in [-0.39, 0.29) is 10.6 Å². The Hall–Kier alpha value is -1.22. The van der Waals surface area contributed by atoms with E-state index in [0.717, 1.165) is 5.69 Å². The maximum Gasteiger partial charge on any atom is 0.337 e. The number of aromatic carboxylic acids is 1. The van der Waals surface area contributed by atoms with E-state index >= 15 is 0 Å². The van der Waals surface area contributed by atoms with Crippen LogP contribution in [0.4, 0.5) is 5.69 Å². The number of halogens is 1. The molecule has 1 saturated carbocycles. The zero-order valence-electron chi connectivity index (χ0n) is 9.96. The van der Waals surface area contributed by atoms with E-state index in [1.54, 1.807) is 12.1 Å². The minimum absolute atomic E-state index is 0.143. The molecule has 17 heavy (non-hydrogen) atoms. The van der Waals surface area contributed by atoms with Crippen molar-refractivity contribution in [1.82, 2.24) is 0 Å². The van der Waals surface area contributed by atoms with Gasteiger partial charge in [-0.2, -0.15) is 0 Å². The third-order valence-corrected chi connectivity index (χ3v) is 3.99. The molecule has 2 rings (SSSR count). The average Bonchev–Trinajstić information content (AvgIpc) is 3.00. The molecule has 2 N–H and O–H groups in total. The van der Waals surface area contributed by atoms with E-state index in [1.165, 1.54) is 12.8 Å². The zero-order chi connectivity index (χ0) is 12.6. The standard InChI is InChI=1S/C13H16ClNO2/c1-8(13(2)5-6-13)15-9-3-4-11(14)10(7-9)12(16)17/h3-4,7-8,15H,5-6H2,1-2H3,(H,16,17). The minimum atomic E-state index is -0.996. The molecule has 1 atom stereocenters. The highest BCUT2D eigenvalue weighted by Gasteiger charge is 2.42. The molecule has 1 aromatic carbocycles. The van der Waals surface area contributed by atoms with Gasteiger partial charge < -0.3 is 10.4 Å². The van der Waals surface area contributed by atoms with Crippen LogP contribution >= 0.6 is 11.6 Å². The predicted molar refractivity (Wildman–Crippen MR) is 68.8 cm³/mol. The fourth-order valence-electron chi connectivity index (χ4n) is 1.83. The number of benzene rings is 1. The van der Waals surface area contributed by atoms with Crippen molar-refractivity contribution in [2.24, 2.45) is 5.41 Å².